The molecule has 1 aromatic heterocycles. The van der Waals surface area contributed by atoms with Gasteiger partial charge in [0.1, 0.15) is 11.3 Å². The molecule has 13 rings (SSSR count). The van der Waals surface area contributed by atoms with Gasteiger partial charge in [0.2, 0.25) is 0 Å². The molecule has 1 N–H and O–H groups in total. The first-order valence-corrected chi connectivity index (χ1v) is 25.7. The van der Waals surface area contributed by atoms with Gasteiger partial charge in [0, 0.05) is 44.0 Å². The van der Waals surface area contributed by atoms with Crippen molar-refractivity contribution in [3.8, 4) is 39.1 Å². The van der Waals surface area contributed by atoms with E-state index in [4.69, 9.17) is 4.42 Å². The summed E-state index contributed by atoms with van der Waals surface area (Å²) < 4.78 is 7.23. The number of fused-ring (bicyclic) bond motifs is 3. The highest BCUT2D eigenvalue weighted by Gasteiger charge is 2.27. The summed E-state index contributed by atoms with van der Waals surface area (Å²) in [6, 6.07) is 78.2. The fourth-order valence-electron chi connectivity index (χ4n) is 11.8. The smallest absolute Gasteiger partial charge is 0.159 e. The van der Waals surface area contributed by atoms with Gasteiger partial charge in [-0.05, 0) is 143 Å². The second-order valence-corrected chi connectivity index (χ2v) is 19.9. The van der Waals surface area contributed by atoms with E-state index in [0.717, 1.165) is 106 Å². The molecule has 0 aliphatic heterocycles. The number of furan rings is 1. The molecule has 0 amide bonds. The van der Waals surface area contributed by atoms with Gasteiger partial charge in [0.25, 0.3) is 0 Å². The average Bonchev–Trinajstić information content (AvgIpc) is 3.84. The normalized spacial score (nSPS) is 11.7. The molecule has 1 heterocycles. The van der Waals surface area contributed by atoms with Gasteiger partial charge in [-0.15, -0.1) is 0 Å². The van der Waals surface area contributed by atoms with E-state index < -0.39 is 0 Å². The average molecular weight is 955 g/mol. The summed E-state index contributed by atoms with van der Waals surface area (Å²) >= 11 is 0. The van der Waals surface area contributed by atoms with Gasteiger partial charge in [-0.1, -0.05) is 188 Å². The van der Waals surface area contributed by atoms with Crippen molar-refractivity contribution >= 4 is 88.4 Å². The summed E-state index contributed by atoms with van der Waals surface area (Å²) in [5, 5.41) is 21.7. The van der Waals surface area contributed by atoms with E-state index in [1.807, 2.05) is 12.1 Å². The van der Waals surface area contributed by atoms with E-state index in [-0.39, 0.29) is 5.75 Å². The standard InChI is InChI=1S/C70H54N2O2/c1-6-47-19-9-11-23-53(47)55-25-14-26-56-57-27-16-30-65(70(57)74-69(55)56)72(61-38-31-43(2)41-46(61)5)63-40-35-49-32-36-58-62(39-34-48-33-37-59(63)67(49)66(48)58)71(60-28-12-8-18-45(60)4)64-29-15-24-54(68(64)73)51-21-13-20-50(42-51)52-22-10-7-17-44(52)3/h7-42,73H,6H2,1-5H3. The quantitative estimate of drug-likeness (QED) is 0.139. The molecule has 74 heavy (non-hydrogen) atoms. The van der Waals surface area contributed by atoms with Crippen molar-refractivity contribution in [2.75, 3.05) is 9.80 Å². The van der Waals surface area contributed by atoms with E-state index in [2.05, 4.69) is 251 Å². The lowest BCUT2D eigenvalue weighted by molar-refractivity contribution is 0.478. The number of phenols is 1. The molecule has 0 bridgehead atoms. The van der Waals surface area contributed by atoms with Gasteiger partial charge in [0.15, 0.2) is 5.58 Å². The molecule has 0 saturated carbocycles. The van der Waals surface area contributed by atoms with Crippen LogP contribution < -0.4 is 9.80 Å². The number of rotatable bonds is 10. The first kappa shape index (κ1) is 44.8. The zero-order valence-electron chi connectivity index (χ0n) is 42.2. The lowest BCUT2D eigenvalue weighted by Gasteiger charge is -2.31. The predicted molar refractivity (Wildman–Crippen MR) is 313 cm³/mol. The Labute approximate surface area is 432 Å². The Morgan fingerprint density at radius 1 is 0.365 bits per heavy atom. The largest absolute Gasteiger partial charge is 0.505 e. The zero-order valence-corrected chi connectivity index (χ0v) is 42.2. The topological polar surface area (TPSA) is 39.9 Å². The van der Waals surface area contributed by atoms with Crippen LogP contribution in [-0.4, -0.2) is 5.11 Å². The molecule has 0 atom stereocenters. The third-order valence-electron chi connectivity index (χ3n) is 15.4. The first-order chi connectivity index (χ1) is 36.2. The summed E-state index contributed by atoms with van der Waals surface area (Å²) in [6.45, 7) is 10.9. The monoisotopic (exact) mass is 954 g/mol. The van der Waals surface area contributed by atoms with Crippen molar-refractivity contribution in [2.24, 2.45) is 0 Å². The molecule has 356 valence electrons. The molecule has 4 nitrogen and oxygen atoms in total. The number of anilines is 6. The molecule has 0 radical (unpaired) electrons. The van der Waals surface area contributed by atoms with Crippen molar-refractivity contribution in [3.05, 3.63) is 246 Å². The fourth-order valence-corrected chi connectivity index (χ4v) is 11.8. The maximum atomic E-state index is 12.7. The lowest BCUT2D eigenvalue weighted by atomic mass is 9.91. The minimum Gasteiger partial charge on any atom is -0.505 e. The summed E-state index contributed by atoms with van der Waals surface area (Å²) in [5.41, 5.74) is 19.8. The maximum absolute atomic E-state index is 12.7. The molecular formula is C70H54N2O2. The van der Waals surface area contributed by atoms with Crippen molar-refractivity contribution in [1.29, 1.82) is 0 Å². The highest BCUT2D eigenvalue weighted by Crippen LogP contribution is 2.52. The number of hydrogen-bond donors (Lipinski definition) is 1. The van der Waals surface area contributed by atoms with Gasteiger partial charge in [-0.3, -0.25) is 0 Å². The van der Waals surface area contributed by atoms with Crippen LogP contribution >= 0.6 is 0 Å². The molecule has 0 fully saturated rings. The maximum Gasteiger partial charge on any atom is 0.159 e. The molecule has 0 unspecified atom stereocenters. The van der Waals surface area contributed by atoms with Crippen LogP contribution in [-0.2, 0) is 6.42 Å². The fraction of sp³-hybridized carbons (Fsp3) is 0.0857. The number of para-hydroxylation sites is 4. The van der Waals surface area contributed by atoms with E-state index in [1.54, 1.807) is 0 Å². The van der Waals surface area contributed by atoms with E-state index in [0.29, 0.717) is 5.69 Å². The van der Waals surface area contributed by atoms with E-state index in [9.17, 15) is 5.11 Å². The van der Waals surface area contributed by atoms with Crippen LogP contribution in [0.4, 0.5) is 34.1 Å². The molecule has 13 aromatic rings. The number of phenolic OH excluding ortho intramolecular Hbond substituents is 1. The number of aryl methyl sites for hydroxylation is 5. The molecular weight excluding hydrogens is 901 g/mol. The van der Waals surface area contributed by atoms with Crippen LogP contribution in [0, 0.1) is 27.7 Å². The van der Waals surface area contributed by atoms with Crippen molar-refractivity contribution in [2.45, 2.75) is 41.0 Å². The van der Waals surface area contributed by atoms with Crippen LogP contribution in [0.15, 0.2) is 223 Å². The summed E-state index contributed by atoms with van der Waals surface area (Å²) in [6.07, 6.45) is 0.929. The minimum atomic E-state index is 0.219. The number of aromatic hydroxyl groups is 1. The van der Waals surface area contributed by atoms with Crippen LogP contribution in [0.25, 0.3) is 87.6 Å². The Kier molecular flexibility index (Phi) is 10.8. The van der Waals surface area contributed by atoms with Gasteiger partial charge in [-0.25, -0.2) is 0 Å². The molecule has 0 aliphatic rings. The Balaban J connectivity index is 1.03. The van der Waals surface area contributed by atoms with Crippen LogP contribution in [0.2, 0.25) is 0 Å². The highest BCUT2D eigenvalue weighted by atomic mass is 16.3. The zero-order chi connectivity index (χ0) is 50.2. The molecule has 0 spiro atoms. The third kappa shape index (κ3) is 7.20. The Morgan fingerprint density at radius 3 is 1.58 bits per heavy atom. The second-order valence-electron chi connectivity index (χ2n) is 19.9. The van der Waals surface area contributed by atoms with Gasteiger partial charge >= 0.3 is 0 Å². The Bertz CT molecular complexity index is 4330. The van der Waals surface area contributed by atoms with Gasteiger partial charge in [-0.2, -0.15) is 0 Å². The van der Waals surface area contributed by atoms with Crippen molar-refractivity contribution in [1.82, 2.24) is 0 Å². The van der Waals surface area contributed by atoms with Crippen LogP contribution in [0.1, 0.15) is 34.7 Å². The summed E-state index contributed by atoms with van der Waals surface area (Å²) in [5.74, 6) is 0.219. The predicted octanol–water partition coefficient (Wildman–Crippen LogP) is 19.9. The Morgan fingerprint density at radius 2 is 0.878 bits per heavy atom. The van der Waals surface area contributed by atoms with Crippen molar-refractivity contribution in [3.63, 3.8) is 0 Å². The number of benzene rings is 12. The number of nitrogens with zero attached hydrogens (tertiary/aromatic N) is 2. The van der Waals surface area contributed by atoms with Crippen LogP contribution in [0.5, 0.6) is 5.75 Å². The Hall–Kier alpha value is -9.12. The summed E-state index contributed by atoms with van der Waals surface area (Å²) in [7, 11) is 0. The molecule has 0 aliphatic carbocycles. The van der Waals surface area contributed by atoms with Gasteiger partial charge < -0.3 is 19.3 Å². The van der Waals surface area contributed by atoms with Crippen molar-refractivity contribution < 1.29 is 9.52 Å². The van der Waals surface area contributed by atoms with Crippen LogP contribution in [0.3, 0.4) is 0 Å². The van der Waals surface area contributed by atoms with Gasteiger partial charge in [0.05, 0.1) is 22.7 Å². The molecule has 4 heteroatoms. The SMILES string of the molecule is CCc1ccccc1-c1cccc2c1oc1c(N(c3ccc(C)cc3C)c3ccc4ccc5c(N(c6ccccc6C)c6cccc(-c7cccc(-c8ccccc8C)c7)c6O)ccc6ccc3c4c65)cccc12. The second kappa shape index (κ2) is 17.9. The first-order valence-electron chi connectivity index (χ1n) is 25.7. The highest BCUT2D eigenvalue weighted by molar-refractivity contribution is 6.28. The molecule has 12 aromatic carbocycles. The van der Waals surface area contributed by atoms with E-state index >= 15 is 0 Å². The number of hydrogen-bond acceptors (Lipinski definition) is 4. The van der Waals surface area contributed by atoms with E-state index in [1.165, 1.54) is 44.2 Å². The lowest BCUT2D eigenvalue weighted by Crippen LogP contribution is -2.13. The summed E-state index contributed by atoms with van der Waals surface area (Å²) in [4.78, 5) is 4.67. The third-order valence-corrected chi connectivity index (χ3v) is 15.4. The molecule has 0 saturated heterocycles. The minimum absolute atomic E-state index is 0.219.